The van der Waals surface area contributed by atoms with Crippen LogP contribution in [-0.2, 0) is 19.9 Å². The Kier molecular flexibility index (Phi) is 6.28. The number of rotatable bonds is 6. The summed E-state index contributed by atoms with van der Waals surface area (Å²) in [6.07, 6.45) is 1.36. The van der Waals surface area contributed by atoms with Crippen molar-refractivity contribution in [1.29, 1.82) is 0 Å². The number of aliphatic hydroxyl groups is 1. The average Bonchev–Trinajstić information content (AvgIpc) is 3.22. The summed E-state index contributed by atoms with van der Waals surface area (Å²) < 4.78 is 55.9. The largest absolute Gasteiger partial charge is 0.394 e. The molecule has 0 saturated heterocycles. The number of hydrogen-bond donors (Lipinski definition) is 1. The molecule has 2 atom stereocenters. The van der Waals surface area contributed by atoms with Gasteiger partial charge in [-0.2, -0.15) is 4.31 Å². The van der Waals surface area contributed by atoms with Crippen molar-refractivity contribution in [2.75, 3.05) is 6.61 Å². The number of sulfone groups is 1. The van der Waals surface area contributed by atoms with Gasteiger partial charge < -0.3 is 5.11 Å². The molecule has 0 spiro atoms. The number of nitrogens with zero attached hydrogens (tertiary/aromatic N) is 1. The van der Waals surface area contributed by atoms with Crippen LogP contribution in [0.25, 0.3) is 0 Å². The van der Waals surface area contributed by atoms with E-state index in [1.807, 2.05) is 13.8 Å². The Balaban J connectivity index is 1.91. The second-order valence-electron chi connectivity index (χ2n) is 8.10. The molecule has 0 saturated carbocycles. The van der Waals surface area contributed by atoms with E-state index < -0.39 is 38.6 Å². The molecule has 3 aromatic rings. The van der Waals surface area contributed by atoms with Crippen LogP contribution in [0.15, 0.2) is 99.6 Å². The fraction of sp³-hybridized carbons (Fsp3) is 0.200. The topological polar surface area (TPSA) is 91.8 Å². The minimum Gasteiger partial charge on any atom is -0.394 e. The van der Waals surface area contributed by atoms with Crippen molar-refractivity contribution < 1.29 is 21.9 Å². The lowest BCUT2D eigenvalue weighted by atomic mass is 10.1. The molecule has 0 aliphatic carbocycles. The van der Waals surface area contributed by atoms with Crippen LogP contribution in [0.5, 0.6) is 0 Å². The molecule has 1 aliphatic heterocycles. The van der Waals surface area contributed by atoms with E-state index in [0.717, 1.165) is 15.4 Å². The third kappa shape index (κ3) is 4.27. The zero-order chi connectivity index (χ0) is 23.8. The van der Waals surface area contributed by atoms with Crippen molar-refractivity contribution in [3.63, 3.8) is 0 Å². The Labute approximate surface area is 194 Å². The zero-order valence-electron chi connectivity index (χ0n) is 18.3. The molecule has 6 nitrogen and oxygen atoms in total. The fourth-order valence-electron chi connectivity index (χ4n) is 3.99. The number of aryl methyl sites for hydroxylation is 2. The molecule has 0 bridgehead atoms. The highest BCUT2D eigenvalue weighted by molar-refractivity contribution is 7.95. The Hall–Kier alpha value is -2.78. The number of aliphatic hydroxyl groups excluding tert-OH is 1. The van der Waals surface area contributed by atoms with E-state index in [0.29, 0.717) is 5.56 Å². The summed E-state index contributed by atoms with van der Waals surface area (Å²) in [6, 6.07) is 19.3. The van der Waals surface area contributed by atoms with Crippen LogP contribution in [0.2, 0.25) is 0 Å². The number of benzene rings is 3. The second kappa shape index (κ2) is 8.87. The first-order valence-corrected chi connectivity index (χ1v) is 13.4. The molecule has 0 aromatic heterocycles. The van der Waals surface area contributed by atoms with Crippen LogP contribution in [0, 0.1) is 13.8 Å². The first kappa shape index (κ1) is 23.4. The Morgan fingerprint density at radius 2 is 1.27 bits per heavy atom. The molecule has 3 aromatic carbocycles. The number of sulfonamides is 1. The molecular formula is C25H25NO5S2. The lowest BCUT2D eigenvalue weighted by molar-refractivity contribution is 0.211. The van der Waals surface area contributed by atoms with Crippen molar-refractivity contribution in [3.05, 3.63) is 107 Å². The van der Waals surface area contributed by atoms with Crippen LogP contribution >= 0.6 is 0 Å². The summed E-state index contributed by atoms with van der Waals surface area (Å²) in [6.45, 7) is 3.15. The predicted molar refractivity (Wildman–Crippen MR) is 127 cm³/mol. The first-order chi connectivity index (χ1) is 15.7. The van der Waals surface area contributed by atoms with Gasteiger partial charge >= 0.3 is 0 Å². The fourth-order valence-corrected chi connectivity index (χ4v) is 7.42. The van der Waals surface area contributed by atoms with Gasteiger partial charge in [0.1, 0.15) is 0 Å². The molecule has 0 fully saturated rings. The standard InChI is InChI=1S/C25H25NO5S2/c1-18-8-12-22(13-9-18)32(28,29)24-16-21(17-27)26(25(24)20-6-4-3-5-7-20)33(30,31)23-14-10-19(2)11-15-23/h3-16,21,25,27H,17H2,1-2H3/t21-,25+/m1/s1. The second-order valence-corrected chi connectivity index (χ2v) is 11.9. The van der Waals surface area contributed by atoms with Crippen molar-refractivity contribution in [2.24, 2.45) is 0 Å². The van der Waals surface area contributed by atoms with Crippen LogP contribution in [-0.4, -0.2) is 38.9 Å². The summed E-state index contributed by atoms with van der Waals surface area (Å²) in [5, 5.41) is 10.1. The molecule has 0 radical (unpaired) electrons. The van der Waals surface area contributed by atoms with Gasteiger partial charge in [-0.15, -0.1) is 0 Å². The van der Waals surface area contributed by atoms with E-state index in [2.05, 4.69) is 0 Å². The maximum absolute atomic E-state index is 13.7. The Bertz CT molecular complexity index is 1380. The quantitative estimate of drug-likeness (QED) is 0.576. The van der Waals surface area contributed by atoms with E-state index in [9.17, 15) is 21.9 Å². The first-order valence-electron chi connectivity index (χ1n) is 10.5. The lowest BCUT2D eigenvalue weighted by Gasteiger charge is -2.30. The molecule has 0 unspecified atom stereocenters. The van der Waals surface area contributed by atoms with Crippen molar-refractivity contribution in [1.82, 2.24) is 4.31 Å². The van der Waals surface area contributed by atoms with E-state index in [1.165, 1.54) is 30.3 Å². The van der Waals surface area contributed by atoms with Gasteiger partial charge in [-0.25, -0.2) is 16.8 Å². The van der Waals surface area contributed by atoms with E-state index >= 15 is 0 Å². The third-order valence-electron chi connectivity index (χ3n) is 5.75. The maximum atomic E-state index is 13.7. The molecule has 1 heterocycles. The minimum atomic E-state index is -4.14. The van der Waals surface area contributed by atoms with Crippen molar-refractivity contribution in [3.8, 4) is 0 Å². The highest BCUT2D eigenvalue weighted by Gasteiger charge is 2.47. The third-order valence-corrected chi connectivity index (χ3v) is 9.53. The smallest absolute Gasteiger partial charge is 0.244 e. The summed E-state index contributed by atoms with van der Waals surface area (Å²) in [7, 11) is -8.17. The van der Waals surface area contributed by atoms with E-state index in [1.54, 1.807) is 54.6 Å². The zero-order valence-corrected chi connectivity index (χ0v) is 19.9. The van der Waals surface area contributed by atoms with Gasteiger partial charge in [0, 0.05) is 0 Å². The molecule has 0 amide bonds. The normalized spacial score (nSPS) is 19.4. The Morgan fingerprint density at radius 3 is 1.79 bits per heavy atom. The summed E-state index contributed by atoms with van der Waals surface area (Å²) in [5.41, 5.74) is 2.31. The van der Waals surface area contributed by atoms with Crippen molar-refractivity contribution >= 4 is 19.9 Å². The molecule has 4 rings (SSSR count). The molecule has 8 heteroatoms. The highest BCUT2D eigenvalue weighted by atomic mass is 32.2. The van der Waals surface area contributed by atoms with Gasteiger partial charge in [0.15, 0.2) is 0 Å². The van der Waals surface area contributed by atoms with Crippen LogP contribution in [0.1, 0.15) is 22.7 Å². The van der Waals surface area contributed by atoms with Crippen molar-refractivity contribution in [2.45, 2.75) is 35.7 Å². The molecule has 172 valence electrons. The Morgan fingerprint density at radius 1 is 0.758 bits per heavy atom. The van der Waals surface area contributed by atoms with Gasteiger partial charge in [0.2, 0.25) is 19.9 Å². The highest BCUT2D eigenvalue weighted by Crippen LogP contribution is 2.44. The molecule has 1 N–H and O–H groups in total. The summed E-state index contributed by atoms with van der Waals surface area (Å²) in [5.74, 6) is 0. The van der Waals surface area contributed by atoms with Gasteiger partial charge in [0.25, 0.3) is 0 Å². The van der Waals surface area contributed by atoms with Crippen LogP contribution in [0.3, 0.4) is 0 Å². The molecular weight excluding hydrogens is 458 g/mol. The molecule has 33 heavy (non-hydrogen) atoms. The molecule has 1 aliphatic rings. The summed E-state index contributed by atoms with van der Waals surface area (Å²) >= 11 is 0. The minimum absolute atomic E-state index is 0.0369. The van der Waals surface area contributed by atoms with Gasteiger partial charge in [-0.05, 0) is 49.8 Å². The SMILES string of the molecule is Cc1ccc(S(=O)(=O)C2=C[C@H](CO)N(S(=O)(=O)c3ccc(C)cc3)[C@H]2c2ccccc2)cc1. The monoisotopic (exact) mass is 483 g/mol. The lowest BCUT2D eigenvalue weighted by Crippen LogP contribution is -2.40. The maximum Gasteiger partial charge on any atom is 0.244 e. The van der Waals surface area contributed by atoms with Gasteiger partial charge in [-0.3, -0.25) is 0 Å². The van der Waals surface area contributed by atoms with Crippen LogP contribution < -0.4 is 0 Å². The summed E-state index contributed by atoms with van der Waals surface area (Å²) in [4.78, 5) is 0.0497. The number of hydrogen-bond acceptors (Lipinski definition) is 5. The van der Waals surface area contributed by atoms with E-state index in [4.69, 9.17) is 0 Å². The van der Waals surface area contributed by atoms with E-state index in [-0.39, 0.29) is 14.7 Å². The average molecular weight is 484 g/mol. The van der Waals surface area contributed by atoms with Gasteiger partial charge in [-0.1, -0.05) is 65.7 Å². The van der Waals surface area contributed by atoms with Gasteiger partial charge in [0.05, 0.1) is 33.4 Å². The predicted octanol–water partition coefficient (Wildman–Crippen LogP) is 3.77. The van der Waals surface area contributed by atoms with Crippen LogP contribution in [0.4, 0.5) is 0 Å².